The number of hydrogen-bond acceptors (Lipinski definition) is 4. The van der Waals surface area contributed by atoms with E-state index in [2.05, 4.69) is 15.3 Å². The molecule has 2 heterocycles. The quantitative estimate of drug-likeness (QED) is 0.926. The molecule has 0 spiro atoms. The predicted molar refractivity (Wildman–Crippen MR) is 64.9 cm³/mol. The molecule has 1 aromatic rings. The van der Waals surface area contributed by atoms with Crippen LogP contribution in [-0.4, -0.2) is 23.6 Å². The van der Waals surface area contributed by atoms with Crippen LogP contribution < -0.4 is 5.32 Å². The average molecular weight is 287 g/mol. The summed E-state index contributed by atoms with van der Waals surface area (Å²) in [5.74, 6) is 0.434. The van der Waals surface area contributed by atoms with Crippen LogP contribution in [0, 0.1) is 5.92 Å². The van der Waals surface area contributed by atoms with Crippen LogP contribution in [0.5, 0.6) is 0 Å². The van der Waals surface area contributed by atoms with Crippen molar-refractivity contribution in [3.8, 4) is 0 Å². The van der Waals surface area contributed by atoms with Crippen molar-refractivity contribution in [1.82, 2.24) is 15.3 Å². The van der Waals surface area contributed by atoms with Crippen LogP contribution in [0.1, 0.15) is 41.7 Å². The molecule has 1 aliphatic heterocycles. The third-order valence-electron chi connectivity index (χ3n) is 3.78. The molecule has 0 saturated heterocycles. The van der Waals surface area contributed by atoms with Crippen molar-refractivity contribution in [3.05, 3.63) is 22.8 Å². The van der Waals surface area contributed by atoms with E-state index < -0.39 is 18.0 Å². The van der Waals surface area contributed by atoms with Gasteiger partial charge in [0.05, 0.1) is 5.69 Å². The number of fused-ring (bicyclic) bond motifs is 1. The van der Waals surface area contributed by atoms with E-state index in [1.807, 2.05) is 0 Å². The second kappa shape index (κ2) is 4.96. The molecule has 110 valence electrons. The van der Waals surface area contributed by atoms with Gasteiger partial charge in [-0.05, 0) is 18.8 Å². The maximum absolute atomic E-state index is 13.2. The van der Waals surface area contributed by atoms with E-state index in [9.17, 15) is 13.2 Å². The summed E-state index contributed by atoms with van der Waals surface area (Å²) in [5, 5.41) is 2.94. The zero-order valence-electron chi connectivity index (χ0n) is 11.1. The van der Waals surface area contributed by atoms with E-state index in [0.29, 0.717) is 18.7 Å². The zero-order valence-corrected chi connectivity index (χ0v) is 11.1. The minimum absolute atomic E-state index is 0.172. The molecule has 0 radical (unpaired) electrons. The number of aromatic nitrogens is 2. The lowest BCUT2D eigenvalue weighted by Crippen LogP contribution is -2.30. The van der Waals surface area contributed by atoms with Crippen molar-refractivity contribution in [2.75, 3.05) is 13.7 Å². The summed E-state index contributed by atoms with van der Waals surface area (Å²) in [5.41, 5.74) is -0.130. The third kappa shape index (κ3) is 2.52. The van der Waals surface area contributed by atoms with Crippen molar-refractivity contribution >= 4 is 0 Å². The number of hydrogen-bond donors (Lipinski definition) is 1. The number of nitrogens with zero attached hydrogens (tertiary/aromatic N) is 2. The van der Waals surface area contributed by atoms with Gasteiger partial charge in [-0.25, -0.2) is 9.97 Å². The van der Waals surface area contributed by atoms with Gasteiger partial charge < -0.3 is 10.1 Å². The van der Waals surface area contributed by atoms with Crippen LogP contribution in [-0.2, 0) is 23.9 Å². The van der Waals surface area contributed by atoms with Gasteiger partial charge in [-0.15, -0.1) is 0 Å². The second-order valence-corrected chi connectivity index (χ2v) is 5.27. The normalized spacial score (nSPS) is 20.6. The van der Waals surface area contributed by atoms with E-state index in [1.165, 1.54) is 7.11 Å². The summed E-state index contributed by atoms with van der Waals surface area (Å²) >= 11 is 0. The van der Waals surface area contributed by atoms with Crippen LogP contribution in [0.2, 0.25) is 0 Å². The third-order valence-corrected chi connectivity index (χ3v) is 3.78. The van der Waals surface area contributed by atoms with Gasteiger partial charge in [-0.3, -0.25) is 0 Å². The van der Waals surface area contributed by atoms with Gasteiger partial charge in [-0.1, -0.05) is 0 Å². The topological polar surface area (TPSA) is 47.0 Å². The molecule has 1 N–H and O–H groups in total. The minimum Gasteiger partial charge on any atom is -0.373 e. The fourth-order valence-electron chi connectivity index (χ4n) is 2.63. The van der Waals surface area contributed by atoms with Crippen molar-refractivity contribution in [1.29, 1.82) is 0 Å². The average Bonchev–Trinajstić information content (AvgIpc) is 3.22. The van der Waals surface area contributed by atoms with Gasteiger partial charge in [0.2, 0.25) is 0 Å². The highest BCUT2D eigenvalue weighted by molar-refractivity contribution is 5.31. The molecule has 1 saturated carbocycles. The van der Waals surface area contributed by atoms with Gasteiger partial charge in [0.1, 0.15) is 6.10 Å². The molecular weight excluding hydrogens is 271 g/mol. The van der Waals surface area contributed by atoms with Gasteiger partial charge in [0, 0.05) is 32.2 Å². The summed E-state index contributed by atoms with van der Waals surface area (Å²) in [6, 6.07) is 0. The van der Waals surface area contributed by atoms with Crippen LogP contribution >= 0.6 is 0 Å². The Balaban J connectivity index is 2.07. The van der Waals surface area contributed by atoms with Crippen LogP contribution in [0.4, 0.5) is 13.2 Å². The first-order chi connectivity index (χ1) is 9.50. The maximum atomic E-state index is 13.2. The number of ether oxygens (including phenoxy) is 1. The van der Waals surface area contributed by atoms with E-state index in [1.54, 1.807) is 0 Å². The molecule has 7 heteroatoms. The Morgan fingerprint density at radius 3 is 2.65 bits per heavy atom. The Morgan fingerprint density at radius 1 is 1.30 bits per heavy atom. The number of alkyl halides is 3. The predicted octanol–water partition coefficient (Wildman–Crippen LogP) is 2.24. The highest BCUT2D eigenvalue weighted by Gasteiger charge is 2.41. The van der Waals surface area contributed by atoms with Gasteiger partial charge in [0.15, 0.2) is 11.5 Å². The molecular formula is C13H16F3N3O. The molecule has 3 rings (SSSR count). The van der Waals surface area contributed by atoms with Crippen molar-refractivity contribution in [3.63, 3.8) is 0 Å². The van der Waals surface area contributed by atoms with Crippen LogP contribution in [0.15, 0.2) is 0 Å². The molecule has 2 aliphatic rings. The monoisotopic (exact) mass is 287 g/mol. The standard InChI is InChI=1S/C13H16F3N3O/c1-20-10(7-2-3-7)12-18-9-4-5-17-6-8(9)11(19-12)13(14,15)16/h7,10,17H,2-6H2,1H3. The van der Waals surface area contributed by atoms with Crippen molar-refractivity contribution in [2.45, 2.75) is 38.1 Å². The highest BCUT2D eigenvalue weighted by Crippen LogP contribution is 2.43. The SMILES string of the molecule is COC(c1nc2c(c(C(F)(F)F)n1)CNCC2)C1CC1. The molecule has 1 atom stereocenters. The fraction of sp³-hybridized carbons (Fsp3) is 0.692. The molecule has 0 amide bonds. The van der Waals surface area contributed by atoms with E-state index in [-0.39, 0.29) is 23.9 Å². The molecule has 4 nitrogen and oxygen atoms in total. The number of rotatable bonds is 3. The molecule has 1 aliphatic carbocycles. The highest BCUT2D eigenvalue weighted by atomic mass is 19.4. The molecule has 20 heavy (non-hydrogen) atoms. The summed E-state index contributed by atoms with van der Waals surface area (Å²) in [4.78, 5) is 8.13. The van der Waals surface area contributed by atoms with Crippen LogP contribution in [0.25, 0.3) is 0 Å². The van der Waals surface area contributed by atoms with Gasteiger partial charge in [0.25, 0.3) is 0 Å². The van der Waals surface area contributed by atoms with Gasteiger partial charge in [-0.2, -0.15) is 13.2 Å². The molecule has 1 aromatic heterocycles. The lowest BCUT2D eigenvalue weighted by Gasteiger charge is -2.23. The van der Waals surface area contributed by atoms with Crippen molar-refractivity contribution in [2.24, 2.45) is 5.92 Å². The van der Waals surface area contributed by atoms with E-state index in [0.717, 1.165) is 12.8 Å². The first-order valence-corrected chi connectivity index (χ1v) is 6.71. The second-order valence-electron chi connectivity index (χ2n) is 5.27. The maximum Gasteiger partial charge on any atom is 0.433 e. The van der Waals surface area contributed by atoms with Crippen LogP contribution in [0.3, 0.4) is 0 Å². The van der Waals surface area contributed by atoms with E-state index >= 15 is 0 Å². The summed E-state index contributed by atoms with van der Waals surface area (Å²) < 4.78 is 44.9. The van der Waals surface area contributed by atoms with Gasteiger partial charge >= 0.3 is 6.18 Å². The van der Waals surface area contributed by atoms with Crippen molar-refractivity contribution < 1.29 is 17.9 Å². The Hall–Kier alpha value is -1.21. The fourth-order valence-corrected chi connectivity index (χ4v) is 2.63. The Labute approximate surface area is 114 Å². The largest absolute Gasteiger partial charge is 0.433 e. The number of nitrogens with one attached hydrogen (secondary N) is 1. The Bertz CT molecular complexity index is 514. The molecule has 1 unspecified atom stereocenters. The summed E-state index contributed by atoms with van der Waals surface area (Å²) in [6.07, 6.45) is -2.46. The van der Waals surface area contributed by atoms with E-state index in [4.69, 9.17) is 4.74 Å². The molecule has 1 fully saturated rings. The Morgan fingerprint density at radius 2 is 2.05 bits per heavy atom. The minimum atomic E-state index is -4.46. The summed E-state index contributed by atoms with van der Waals surface area (Å²) in [7, 11) is 1.50. The molecule has 0 bridgehead atoms. The lowest BCUT2D eigenvalue weighted by atomic mass is 10.0. The number of methoxy groups -OCH3 is 1. The number of halogens is 3. The smallest absolute Gasteiger partial charge is 0.373 e. The first kappa shape index (κ1) is 13.8. The Kier molecular flexibility index (Phi) is 3.41. The summed E-state index contributed by atoms with van der Waals surface area (Å²) in [6.45, 7) is 0.813. The first-order valence-electron chi connectivity index (χ1n) is 6.71. The zero-order chi connectivity index (χ0) is 14.3. The molecule has 0 aromatic carbocycles. The lowest BCUT2D eigenvalue weighted by molar-refractivity contribution is -0.142.